The summed E-state index contributed by atoms with van der Waals surface area (Å²) in [6.07, 6.45) is 5.67. The van der Waals surface area contributed by atoms with Crippen molar-refractivity contribution in [3.63, 3.8) is 0 Å². The first-order valence-electron chi connectivity index (χ1n) is 5.69. The highest BCUT2D eigenvalue weighted by Crippen LogP contribution is 2.10. The number of hydrogen-bond acceptors (Lipinski definition) is 4. The van der Waals surface area contributed by atoms with Gasteiger partial charge in [-0.2, -0.15) is 0 Å². The third-order valence-corrected chi connectivity index (χ3v) is 2.80. The summed E-state index contributed by atoms with van der Waals surface area (Å²) in [5.74, 6) is 0. The highest BCUT2D eigenvalue weighted by Gasteiger charge is 2.06. The van der Waals surface area contributed by atoms with E-state index in [1.54, 1.807) is 10.9 Å². The Labute approximate surface area is 104 Å². The van der Waals surface area contributed by atoms with Gasteiger partial charge in [-0.1, -0.05) is 11.3 Å². The van der Waals surface area contributed by atoms with Gasteiger partial charge in [-0.3, -0.25) is 0 Å². The topological polar surface area (TPSA) is 68.2 Å². The molecule has 0 amide bonds. The molecular formula is C12H13N5O. The number of aliphatic hydroxyl groups excluding tert-OH is 1. The molecule has 0 fully saturated rings. The lowest BCUT2D eigenvalue weighted by molar-refractivity contribution is 0.276. The summed E-state index contributed by atoms with van der Waals surface area (Å²) in [5.41, 5.74) is 3.57. The lowest BCUT2D eigenvalue weighted by Gasteiger charge is -1.94. The van der Waals surface area contributed by atoms with E-state index in [4.69, 9.17) is 5.11 Å². The summed E-state index contributed by atoms with van der Waals surface area (Å²) in [5, 5.41) is 16.7. The SMILES string of the molecule is Cc1cccn2cc(Cn3cc(CO)nn3)nc12. The summed E-state index contributed by atoms with van der Waals surface area (Å²) in [6.45, 7) is 2.49. The molecule has 3 rings (SSSR count). The molecular weight excluding hydrogens is 230 g/mol. The molecule has 3 heterocycles. The number of rotatable bonds is 3. The second-order valence-electron chi connectivity index (χ2n) is 4.22. The van der Waals surface area contributed by atoms with Gasteiger partial charge in [0.15, 0.2) is 0 Å². The van der Waals surface area contributed by atoms with Gasteiger partial charge in [0.2, 0.25) is 0 Å². The van der Waals surface area contributed by atoms with Gasteiger partial charge >= 0.3 is 0 Å². The molecule has 3 aromatic rings. The van der Waals surface area contributed by atoms with Crippen LogP contribution < -0.4 is 0 Å². The van der Waals surface area contributed by atoms with Crippen LogP contribution in [-0.2, 0) is 13.2 Å². The van der Waals surface area contributed by atoms with Gasteiger partial charge in [-0.25, -0.2) is 9.67 Å². The fourth-order valence-corrected chi connectivity index (χ4v) is 1.93. The summed E-state index contributed by atoms with van der Waals surface area (Å²) >= 11 is 0. The molecule has 92 valence electrons. The smallest absolute Gasteiger partial charge is 0.140 e. The first kappa shape index (κ1) is 10.9. The van der Waals surface area contributed by atoms with Crippen molar-refractivity contribution >= 4 is 5.65 Å². The number of pyridine rings is 1. The van der Waals surface area contributed by atoms with Crippen LogP contribution in [0.1, 0.15) is 17.0 Å². The summed E-state index contributed by atoms with van der Waals surface area (Å²) in [4.78, 5) is 4.55. The van der Waals surface area contributed by atoms with Gasteiger partial charge in [0.05, 0.1) is 25.0 Å². The maximum Gasteiger partial charge on any atom is 0.140 e. The number of aliphatic hydroxyl groups is 1. The second kappa shape index (κ2) is 4.23. The number of aromatic nitrogens is 5. The fraction of sp³-hybridized carbons (Fsp3) is 0.250. The molecule has 6 nitrogen and oxygen atoms in total. The lowest BCUT2D eigenvalue weighted by atomic mass is 10.3. The number of nitrogens with zero attached hydrogens (tertiary/aromatic N) is 5. The minimum atomic E-state index is -0.0930. The third-order valence-electron chi connectivity index (χ3n) is 2.80. The minimum absolute atomic E-state index is 0.0930. The van der Waals surface area contributed by atoms with Crippen LogP contribution >= 0.6 is 0 Å². The van der Waals surface area contributed by atoms with E-state index in [9.17, 15) is 0 Å². The fourth-order valence-electron chi connectivity index (χ4n) is 1.93. The van der Waals surface area contributed by atoms with Crippen LogP contribution in [0, 0.1) is 6.92 Å². The highest BCUT2D eigenvalue weighted by molar-refractivity contribution is 5.47. The van der Waals surface area contributed by atoms with Crippen molar-refractivity contribution in [2.24, 2.45) is 0 Å². The Morgan fingerprint density at radius 3 is 2.89 bits per heavy atom. The Bertz CT molecular complexity index is 685. The largest absolute Gasteiger partial charge is 0.390 e. The molecule has 6 heteroatoms. The van der Waals surface area contributed by atoms with E-state index in [0.717, 1.165) is 16.9 Å². The Morgan fingerprint density at radius 1 is 1.28 bits per heavy atom. The minimum Gasteiger partial charge on any atom is -0.390 e. The number of aryl methyl sites for hydroxylation is 1. The predicted octanol–water partition coefficient (Wildman–Crippen LogP) is 0.775. The molecule has 0 spiro atoms. The number of hydrogen-bond donors (Lipinski definition) is 1. The van der Waals surface area contributed by atoms with Crippen LogP contribution in [0.3, 0.4) is 0 Å². The van der Waals surface area contributed by atoms with E-state index in [2.05, 4.69) is 15.3 Å². The summed E-state index contributed by atoms with van der Waals surface area (Å²) in [7, 11) is 0. The maximum atomic E-state index is 8.93. The molecule has 0 aliphatic heterocycles. The van der Waals surface area contributed by atoms with E-state index in [-0.39, 0.29) is 6.61 Å². The van der Waals surface area contributed by atoms with Crippen molar-refractivity contribution in [2.45, 2.75) is 20.1 Å². The molecule has 0 saturated heterocycles. The molecule has 0 saturated carbocycles. The molecule has 0 aromatic carbocycles. The Hall–Kier alpha value is -2.21. The van der Waals surface area contributed by atoms with Gasteiger partial charge in [-0.15, -0.1) is 5.10 Å². The number of fused-ring (bicyclic) bond motifs is 1. The normalized spacial score (nSPS) is 11.2. The van der Waals surface area contributed by atoms with Crippen LogP contribution in [0.5, 0.6) is 0 Å². The monoisotopic (exact) mass is 243 g/mol. The molecule has 0 bridgehead atoms. The quantitative estimate of drug-likeness (QED) is 0.738. The summed E-state index contributed by atoms with van der Waals surface area (Å²) in [6, 6.07) is 4.03. The zero-order valence-corrected chi connectivity index (χ0v) is 9.98. The average molecular weight is 243 g/mol. The second-order valence-corrected chi connectivity index (χ2v) is 4.22. The molecule has 0 aliphatic carbocycles. The van der Waals surface area contributed by atoms with Crippen LogP contribution in [0.2, 0.25) is 0 Å². The number of imidazole rings is 1. The Kier molecular flexibility index (Phi) is 2.56. The van der Waals surface area contributed by atoms with Crippen LogP contribution in [0.15, 0.2) is 30.7 Å². The van der Waals surface area contributed by atoms with E-state index < -0.39 is 0 Å². The zero-order valence-electron chi connectivity index (χ0n) is 9.98. The van der Waals surface area contributed by atoms with Gasteiger partial charge in [0.25, 0.3) is 0 Å². The first-order valence-corrected chi connectivity index (χ1v) is 5.69. The standard InChI is InChI=1S/C12H13N5O/c1-9-3-2-4-16-5-10(13-12(9)16)6-17-7-11(8-18)14-15-17/h2-5,7,18H,6,8H2,1H3. The van der Waals surface area contributed by atoms with Crippen molar-refractivity contribution in [3.05, 3.63) is 47.7 Å². The van der Waals surface area contributed by atoms with Crippen molar-refractivity contribution in [1.82, 2.24) is 24.4 Å². The van der Waals surface area contributed by atoms with Gasteiger partial charge < -0.3 is 9.51 Å². The van der Waals surface area contributed by atoms with Crippen molar-refractivity contribution in [1.29, 1.82) is 0 Å². The van der Waals surface area contributed by atoms with Crippen molar-refractivity contribution < 1.29 is 5.11 Å². The lowest BCUT2D eigenvalue weighted by Crippen LogP contribution is -2.00. The van der Waals surface area contributed by atoms with E-state index in [0.29, 0.717) is 12.2 Å². The zero-order chi connectivity index (χ0) is 12.5. The molecule has 1 N–H and O–H groups in total. The van der Waals surface area contributed by atoms with Crippen LogP contribution in [0.4, 0.5) is 0 Å². The summed E-state index contributed by atoms with van der Waals surface area (Å²) < 4.78 is 3.66. The van der Waals surface area contributed by atoms with Gasteiger partial charge in [0, 0.05) is 12.4 Å². The van der Waals surface area contributed by atoms with E-state index in [1.807, 2.05) is 35.9 Å². The molecule has 0 unspecified atom stereocenters. The first-order chi connectivity index (χ1) is 8.76. The van der Waals surface area contributed by atoms with Crippen LogP contribution in [0.25, 0.3) is 5.65 Å². The molecule has 3 aromatic heterocycles. The predicted molar refractivity (Wildman–Crippen MR) is 65.0 cm³/mol. The van der Waals surface area contributed by atoms with Crippen LogP contribution in [-0.4, -0.2) is 29.5 Å². The maximum absolute atomic E-state index is 8.93. The Morgan fingerprint density at radius 2 is 2.17 bits per heavy atom. The molecule has 18 heavy (non-hydrogen) atoms. The molecule has 0 radical (unpaired) electrons. The van der Waals surface area contributed by atoms with Gasteiger partial charge in [-0.05, 0) is 18.6 Å². The third kappa shape index (κ3) is 1.86. The average Bonchev–Trinajstić information content (AvgIpc) is 2.96. The van der Waals surface area contributed by atoms with Crippen molar-refractivity contribution in [2.75, 3.05) is 0 Å². The highest BCUT2D eigenvalue weighted by atomic mass is 16.3. The molecule has 0 atom stereocenters. The van der Waals surface area contributed by atoms with Gasteiger partial charge in [0.1, 0.15) is 11.3 Å². The van der Waals surface area contributed by atoms with E-state index in [1.165, 1.54) is 0 Å². The Balaban J connectivity index is 1.93. The van der Waals surface area contributed by atoms with E-state index >= 15 is 0 Å². The molecule has 0 aliphatic rings. The van der Waals surface area contributed by atoms with Crippen molar-refractivity contribution in [3.8, 4) is 0 Å².